The summed E-state index contributed by atoms with van der Waals surface area (Å²) in [4.78, 5) is 14.7. The Morgan fingerprint density at radius 3 is 2.45 bits per heavy atom. The Labute approximate surface area is 171 Å². The van der Waals surface area contributed by atoms with Crippen LogP contribution in [0.15, 0.2) is 66.4 Å². The van der Waals surface area contributed by atoms with Gasteiger partial charge in [0, 0.05) is 43.0 Å². The fourth-order valence-electron chi connectivity index (χ4n) is 3.03. The summed E-state index contributed by atoms with van der Waals surface area (Å²) in [6.45, 7) is 3.93. The maximum atomic E-state index is 12.7. The van der Waals surface area contributed by atoms with E-state index >= 15 is 0 Å². The molecular formula is C24H24N4O. The largest absolute Gasteiger partial charge is 0.378 e. The number of nitrogens with one attached hydrogen (secondary N) is 1. The van der Waals surface area contributed by atoms with Gasteiger partial charge in [-0.2, -0.15) is 5.26 Å². The summed E-state index contributed by atoms with van der Waals surface area (Å²) in [6.07, 6.45) is 3.52. The Bertz CT molecular complexity index is 1100. The van der Waals surface area contributed by atoms with E-state index in [2.05, 4.69) is 5.32 Å². The standard InChI is InChI=1S/C24H24N4O/c1-17-7-5-9-23(18(17)2)26-24(29)19(16-25)15-22-8-6-14-28(22)21-12-10-20(11-13-21)27(3)4/h5-15H,1-4H3,(H,26,29)/b19-15-. The van der Waals surface area contributed by atoms with Gasteiger partial charge < -0.3 is 14.8 Å². The zero-order valence-electron chi connectivity index (χ0n) is 17.1. The van der Waals surface area contributed by atoms with Crippen LogP contribution >= 0.6 is 0 Å². The van der Waals surface area contributed by atoms with E-state index in [4.69, 9.17) is 0 Å². The van der Waals surface area contributed by atoms with Gasteiger partial charge in [-0.3, -0.25) is 4.79 Å². The summed E-state index contributed by atoms with van der Waals surface area (Å²) in [5, 5.41) is 12.4. The predicted molar refractivity (Wildman–Crippen MR) is 118 cm³/mol. The van der Waals surface area contributed by atoms with Gasteiger partial charge in [0.25, 0.3) is 5.91 Å². The van der Waals surface area contributed by atoms with E-state index in [-0.39, 0.29) is 5.57 Å². The van der Waals surface area contributed by atoms with E-state index in [1.54, 1.807) is 6.08 Å². The van der Waals surface area contributed by atoms with Crippen LogP contribution in [0.5, 0.6) is 0 Å². The van der Waals surface area contributed by atoms with Gasteiger partial charge >= 0.3 is 0 Å². The molecule has 3 rings (SSSR count). The van der Waals surface area contributed by atoms with Gasteiger partial charge in [0.2, 0.25) is 0 Å². The zero-order valence-corrected chi connectivity index (χ0v) is 17.1. The summed E-state index contributed by atoms with van der Waals surface area (Å²) < 4.78 is 1.95. The van der Waals surface area contributed by atoms with Gasteiger partial charge in [-0.05, 0) is 73.5 Å². The highest BCUT2D eigenvalue weighted by molar-refractivity contribution is 6.09. The molecule has 1 amide bonds. The number of benzene rings is 2. The van der Waals surface area contributed by atoms with Gasteiger partial charge in [-0.1, -0.05) is 12.1 Å². The molecule has 0 radical (unpaired) electrons. The van der Waals surface area contributed by atoms with Crippen molar-refractivity contribution in [1.29, 1.82) is 5.26 Å². The Balaban J connectivity index is 1.89. The average Bonchev–Trinajstić information content (AvgIpc) is 3.17. The Hall–Kier alpha value is -3.78. The van der Waals surface area contributed by atoms with Crippen molar-refractivity contribution >= 4 is 23.4 Å². The van der Waals surface area contributed by atoms with Crippen LogP contribution in [0.25, 0.3) is 11.8 Å². The van der Waals surface area contributed by atoms with Gasteiger partial charge in [0.1, 0.15) is 11.6 Å². The van der Waals surface area contributed by atoms with Crippen LogP contribution in [-0.2, 0) is 4.79 Å². The minimum atomic E-state index is -0.420. The summed E-state index contributed by atoms with van der Waals surface area (Å²) in [6, 6.07) is 19.6. The molecule has 0 saturated carbocycles. The molecule has 0 atom stereocenters. The second-order valence-electron chi connectivity index (χ2n) is 7.09. The quantitative estimate of drug-likeness (QED) is 0.512. The van der Waals surface area contributed by atoms with Crippen LogP contribution in [0.3, 0.4) is 0 Å². The highest BCUT2D eigenvalue weighted by Crippen LogP contribution is 2.21. The number of carbonyl (C=O) groups is 1. The molecule has 3 aromatic rings. The van der Waals surface area contributed by atoms with Crippen molar-refractivity contribution in [2.45, 2.75) is 13.8 Å². The number of hydrogen-bond donors (Lipinski definition) is 1. The average molecular weight is 384 g/mol. The lowest BCUT2D eigenvalue weighted by molar-refractivity contribution is -0.112. The van der Waals surface area contributed by atoms with E-state index in [1.807, 2.05) is 104 Å². The molecule has 5 nitrogen and oxygen atoms in total. The maximum absolute atomic E-state index is 12.7. The molecule has 1 heterocycles. The molecule has 0 fully saturated rings. The van der Waals surface area contributed by atoms with Crippen LogP contribution in [0, 0.1) is 25.2 Å². The first-order valence-electron chi connectivity index (χ1n) is 9.35. The number of aryl methyl sites for hydroxylation is 1. The van der Waals surface area contributed by atoms with Crippen molar-refractivity contribution in [3.05, 3.63) is 83.2 Å². The van der Waals surface area contributed by atoms with E-state index in [0.29, 0.717) is 5.69 Å². The monoisotopic (exact) mass is 384 g/mol. The fraction of sp³-hybridized carbons (Fsp3) is 0.167. The van der Waals surface area contributed by atoms with Gasteiger partial charge in [0.15, 0.2) is 0 Å². The zero-order chi connectivity index (χ0) is 21.0. The molecule has 1 aromatic heterocycles. The number of aromatic nitrogens is 1. The topological polar surface area (TPSA) is 61.1 Å². The molecule has 0 spiro atoms. The first-order valence-corrected chi connectivity index (χ1v) is 9.35. The lowest BCUT2D eigenvalue weighted by Crippen LogP contribution is -2.14. The van der Waals surface area contributed by atoms with Crippen LogP contribution < -0.4 is 10.2 Å². The van der Waals surface area contributed by atoms with Crippen molar-refractivity contribution in [2.24, 2.45) is 0 Å². The molecule has 1 N–H and O–H groups in total. The smallest absolute Gasteiger partial charge is 0.266 e. The number of hydrogen-bond acceptors (Lipinski definition) is 3. The SMILES string of the molecule is Cc1cccc(NC(=O)/C(C#N)=C\c2cccn2-c2ccc(N(C)C)cc2)c1C. The maximum Gasteiger partial charge on any atom is 0.266 e. The molecule has 0 aliphatic rings. The molecule has 0 unspecified atom stereocenters. The summed E-state index contributed by atoms with van der Waals surface area (Å²) in [5.74, 6) is -0.420. The minimum Gasteiger partial charge on any atom is -0.378 e. The number of nitrogens with zero attached hydrogens (tertiary/aromatic N) is 3. The van der Waals surface area contributed by atoms with Gasteiger partial charge in [-0.25, -0.2) is 0 Å². The first kappa shape index (κ1) is 20.0. The number of amides is 1. The van der Waals surface area contributed by atoms with Crippen molar-refractivity contribution in [3.63, 3.8) is 0 Å². The predicted octanol–water partition coefficient (Wildman–Crippen LogP) is 4.71. The van der Waals surface area contributed by atoms with Crippen molar-refractivity contribution in [3.8, 4) is 11.8 Å². The normalized spacial score (nSPS) is 11.1. The molecule has 2 aromatic carbocycles. The van der Waals surface area contributed by atoms with Crippen LogP contribution in [0.2, 0.25) is 0 Å². The molecule has 29 heavy (non-hydrogen) atoms. The van der Waals surface area contributed by atoms with Crippen LogP contribution in [-0.4, -0.2) is 24.6 Å². The fourth-order valence-corrected chi connectivity index (χ4v) is 3.03. The van der Waals surface area contributed by atoms with Crippen LogP contribution in [0.1, 0.15) is 16.8 Å². The van der Waals surface area contributed by atoms with Gasteiger partial charge in [0.05, 0.1) is 0 Å². The molecule has 146 valence electrons. The first-order chi connectivity index (χ1) is 13.9. The van der Waals surface area contributed by atoms with Crippen molar-refractivity contribution in [2.75, 3.05) is 24.3 Å². The molecular weight excluding hydrogens is 360 g/mol. The third-order valence-corrected chi connectivity index (χ3v) is 4.93. The van der Waals surface area contributed by atoms with Gasteiger partial charge in [-0.15, -0.1) is 0 Å². The van der Waals surface area contributed by atoms with E-state index in [1.165, 1.54) is 0 Å². The molecule has 5 heteroatoms. The number of rotatable bonds is 5. The van der Waals surface area contributed by atoms with Crippen LogP contribution in [0.4, 0.5) is 11.4 Å². The number of nitriles is 1. The number of carbonyl (C=O) groups excluding carboxylic acids is 1. The van der Waals surface area contributed by atoms with Crippen molar-refractivity contribution < 1.29 is 4.79 Å². The second kappa shape index (κ2) is 8.49. The summed E-state index contributed by atoms with van der Waals surface area (Å²) in [5.41, 5.74) is 5.65. The lowest BCUT2D eigenvalue weighted by Gasteiger charge is -2.14. The Morgan fingerprint density at radius 2 is 1.79 bits per heavy atom. The molecule has 0 aliphatic heterocycles. The highest BCUT2D eigenvalue weighted by atomic mass is 16.1. The second-order valence-corrected chi connectivity index (χ2v) is 7.09. The summed E-state index contributed by atoms with van der Waals surface area (Å²) >= 11 is 0. The minimum absolute atomic E-state index is 0.0516. The third-order valence-electron chi connectivity index (χ3n) is 4.93. The molecule has 0 aliphatic carbocycles. The third kappa shape index (κ3) is 4.39. The van der Waals surface area contributed by atoms with E-state index < -0.39 is 5.91 Å². The lowest BCUT2D eigenvalue weighted by atomic mass is 10.1. The molecule has 0 saturated heterocycles. The number of anilines is 2. The highest BCUT2D eigenvalue weighted by Gasteiger charge is 2.13. The Kier molecular flexibility index (Phi) is 5.85. The van der Waals surface area contributed by atoms with E-state index in [9.17, 15) is 10.1 Å². The Morgan fingerprint density at radius 1 is 1.07 bits per heavy atom. The summed E-state index contributed by atoms with van der Waals surface area (Å²) in [7, 11) is 3.99. The van der Waals surface area contributed by atoms with Crippen molar-refractivity contribution in [1.82, 2.24) is 4.57 Å². The molecule has 0 bridgehead atoms. The van der Waals surface area contributed by atoms with E-state index in [0.717, 1.165) is 28.2 Å².